The minimum atomic E-state index is -1.49. The van der Waals surface area contributed by atoms with Gasteiger partial charge in [-0.25, -0.2) is 14.4 Å². The Morgan fingerprint density at radius 3 is 2.05 bits per heavy atom. The van der Waals surface area contributed by atoms with E-state index in [0.29, 0.717) is 25.8 Å². The van der Waals surface area contributed by atoms with Crippen LogP contribution in [0.2, 0.25) is 0 Å². The first-order chi connectivity index (χ1) is 27.6. The number of nitrogens with zero attached hydrogens (tertiary/aromatic N) is 2. The van der Waals surface area contributed by atoms with Crippen LogP contribution in [0.1, 0.15) is 123 Å². The summed E-state index contributed by atoms with van der Waals surface area (Å²) in [4.78, 5) is 63.5. The molecular formula is C45H64N5O8+. The molecule has 2 aliphatic rings. The number of unbranched alkanes of at least 4 members (excludes halogenated alkanes) is 3. The lowest BCUT2D eigenvalue weighted by atomic mass is 9.78. The van der Waals surface area contributed by atoms with E-state index in [9.17, 15) is 34.2 Å². The van der Waals surface area contributed by atoms with Gasteiger partial charge in [0.2, 0.25) is 11.7 Å². The Kier molecular flexibility index (Phi) is 16.1. The zero-order valence-corrected chi connectivity index (χ0v) is 35.1. The lowest BCUT2D eigenvalue weighted by Crippen LogP contribution is -2.51. The number of rotatable bonds is 23. The highest BCUT2D eigenvalue weighted by atomic mass is 16.4. The number of carbonyl (C=O) groups excluding carboxylic acids is 2. The summed E-state index contributed by atoms with van der Waals surface area (Å²) in [5.41, 5.74) is 5.54. The molecule has 13 heteroatoms. The molecule has 0 bridgehead atoms. The summed E-state index contributed by atoms with van der Waals surface area (Å²) in [6.45, 7) is 14.8. The van der Waals surface area contributed by atoms with Crippen LogP contribution in [-0.2, 0) is 30.0 Å². The van der Waals surface area contributed by atoms with E-state index < -0.39 is 48.5 Å². The van der Waals surface area contributed by atoms with E-state index in [4.69, 9.17) is 5.11 Å². The minimum Gasteiger partial charge on any atom is -0.481 e. The summed E-state index contributed by atoms with van der Waals surface area (Å²) < 4.78 is 2.23. The van der Waals surface area contributed by atoms with E-state index in [0.717, 1.165) is 55.6 Å². The van der Waals surface area contributed by atoms with Crippen LogP contribution in [0.25, 0.3) is 0 Å². The monoisotopic (exact) mass is 802 g/mol. The van der Waals surface area contributed by atoms with Gasteiger partial charge in [-0.3, -0.25) is 9.59 Å². The number of urea groups is 1. The van der Waals surface area contributed by atoms with Crippen molar-refractivity contribution in [2.24, 2.45) is 0 Å². The van der Waals surface area contributed by atoms with Crippen LogP contribution in [0.4, 0.5) is 16.2 Å². The van der Waals surface area contributed by atoms with Gasteiger partial charge in [-0.15, -0.1) is 0 Å². The number of amides is 3. The van der Waals surface area contributed by atoms with Crippen molar-refractivity contribution in [3.63, 3.8) is 0 Å². The van der Waals surface area contributed by atoms with Gasteiger partial charge in [0.25, 0.3) is 5.91 Å². The predicted octanol–water partition coefficient (Wildman–Crippen LogP) is 6.89. The molecule has 4 unspecified atom stereocenters. The molecule has 0 fully saturated rings. The lowest BCUT2D eigenvalue weighted by Gasteiger charge is -2.34. The Hall–Kier alpha value is -5.20. The van der Waals surface area contributed by atoms with Gasteiger partial charge in [0, 0.05) is 60.8 Å². The molecule has 0 aromatic heterocycles. The minimum absolute atomic E-state index is 0.0416. The van der Waals surface area contributed by atoms with E-state index in [1.54, 1.807) is 0 Å². The number of aliphatic carboxylic acids is 3. The van der Waals surface area contributed by atoms with Crippen LogP contribution in [-0.4, -0.2) is 92.7 Å². The Morgan fingerprint density at radius 1 is 0.793 bits per heavy atom. The molecule has 2 aromatic rings. The molecule has 0 radical (unpaired) electrons. The van der Waals surface area contributed by atoms with Gasteiger partial charge in [0.1, 0.15) is 12.1 Å². The van der Waals surface area contributed by atoms with Crippen molar-refractivity contribution in [1.82, 2.24) is 16.0 Å². The molecule has 0 saturated heterocycles. The summed E-state index contributed by atoms with van der Waals surface area (Å²) >= 11 is 0. The largest absolute Gasteiger partial charge is 0.481 e. The molecule has 4 rings (SSSR count). The van der Waals surface area contributed by atoms with Crippen LogP contribution in [0.15, 0.2) is 60.7 Å². The fourth-order valence-electron chi connectivity index (χ4n) is 8.47. The average molecular weight is 803 g/mol. The second-order valence-electron chi connectivity index (χ2n) is 16.6. The fourth-order valence-corrected chi connectivity index (χ4v) is 8.47. The van der Waals surface area contributed by atoms with E-state index >= 15 is 0 Å². The second kappa shape index (κ2) is 20.5. The van der Waals surface area contributed by atoms with Gasteiger partial charge < -0.3 is 36.2 Å². The summed E-state index contributed by atoms with van der Waals surface area (Å²) in [6, 6.07) is 13.0. The topological polar surface area (TPSA) is 188 Å². The van der Waals surface area contributed by atoms with Gasteiger partial charge in [-0.2, -0.15) is 4.58 Å². The number of allylic oxidation sites excluding steroid dienone is 1. The SMILES string of the molecule is CCCCC(C(=O)NCCCCC(NC(=O)NC(CCC(=O)O)C(=O)O)C(=O)O)[N+]1=C(/C=C/CC2N(CCCC)c3ccccc3C2(C)C)C(C)(C)c2ccccc21. The smallest absolute Gasteiger partial charge is 0.326 e. The third-order valence-electron chi connectivity index (χ3n) is 11.8. The Morgan fingerprint density at radius 2 is 1.41 bits per heavy atom. The first kappa shape index (κ1) is 45.5. The van der Waals surface area contributed by atoms with Crippen LogP contribution in [0.5, 0.6) is 0 Å². The van der Waals surface area contributed by atoms with Crippen molar-refractivity contribution < 1.29 is 43.9 Å². The number of para-hydroxylation sites is 2. The number of carboxylic acids is 3. The molecule has 0 spiro atoms. The standard InChI is InChI=1S/C45H63N5O8/c1-7-9-21-36(40(53)46-28-16-15-20-32(41(54)55)47-43(58)48-33(42(56)57)26-27-39(51)52)50-35-23-14-12-19-31(35)45(5,6)38(50)25-17-24-37-44(3,4)30-18-11-13-22-34(30)49(37)29-10-8-2/h11-14,17-19,22-23,25,32-33,36-37H,7-10,15-16,20-21,24,26-29H2,1-6H3,(H5-,46,47,48,51,52,53,54,55,56,57,58)/p+1/b25-17+. The van der Waals surface area contributed by atoms with Crippen molar-refractivity contribution in [3.8, 4) is 0 Å². The number of nitrogens with one attached hydrogen (secondary N) is 3. The van der Waals surface area contributed by atoms with Crippen molar-refractivity contribution in [2.45, 2.75) is 147 Å². The van der Waals surface area contributed by atoms with Crippen LogP contribution >= 0.6 is 0 Å². The second-order valence-corrected chi connectivity index (χ2v) is 16.6. The van der Waals surface area contributed by atoms with Gasteiger partial charge in [0.05, 0.1) is 5.41 Å². The number of benzene rings is 2. The molecule has 0 aliphatic carbocycles. The van der Waals surface area contributed by atoms with E-state index in [2.05, 4.69) is 116 Å². The maximum Gasteiger partial charge on any atom is 0.326 e. The molecule has 58 heavy (non-hydrogen) atoms. The molecular weight excluding hydrogens is 739 g/mol. The Bertz CT molecular complexity index is 1850. The van der Waals surface area contributed by atoms with Crippen molar-refractivity contribution in [2.75, 3.05) is 18.0 Å². The maximum atomic E-state index is 14.2. The Labute approximate surface area is 343 Å². The number of hydrogen-bond acceptors (Lipinski definition) is 6. The first-order valence-electron chi connectivity index (χ1n) is 20.9. The van der Waals surface area contributed by atoms with Crippen LogP contribution in [0.3, 0.4) is 0 Å². The molecule has 6 N–H and O–H groups in total. The molecule has 4 atom stereocenters. The summed E-state index contributed by atoms with van der Waals surface area (Å²) in [5.74, 6) is -4.05. The number of carbonyl (C=O) groups is 5. The maximum absolute atomic E-state index is 14.2. The lowest BCUT2D eigenvalue weighted by molar-refractivity contribution is -0.468. The third-order valence-corrected chi connectivity index (χ3v) is 11.8. The molecule has 3 amide bonds. The first-order valence-corrected chi connectivity index (χ1v) is 20.9. The highest BCUT2D eigenvalue weighted by Gasteiger charge is 2.49. The van der Waals surface area contributed by atoms with E-state index in [1.165, 1.54) is 11.3 Å². The summed E-state index contributed by atoms with van der Waals surface area (Å²) in [7, 11) is 0. The van der Waals surface area contributed by atoms with Crippen molar-refractivity contribution in [1.29, 1.82) is 0 Å². The summed E-state index contributed by atoms with van der Waals surface area (Å²) in [6.07, 6.45) is 10.1. The van der Waals surface area contributed by atoms with Gasteiger partial charge in [-0.1, -0.05) is 83.0 Å². The Balaban J connectivity index is 1.49. The number of hydrogen-bond donors (Lipinski definition) is 6. The van der Waals surface area contributed by atoms with Crippen molar-refractivity contribution >= 4 is 46.9 Å². The highest BCUT2D eigenvalue weighted by molar-refractivity contribution is 6.03. The molecule has 2 aromatic carbocycles. The van der Waals surface area contributed by atoms with Crippen LogP contribution < -0.4 is 20.9 Å². The van der Waals surface area contributed by atoms with Crippen molar-refractivity contribution in [3.05, 3.63) is 71.8 Å². The molecule has 13 nitrogen and oxygen atoms in total. The van der Waals surface area contributed by atoms with Gasteiger partial charge in [-0.05, 0) is 70.4 Å². The number of carboxylic acid groups (broad SMARTS) is 3. The highest BCUT2D eigenvalue weighted by Crippen LogP contribution is 2.47. The third kappa shape index (κ3) is 10.8. The molecule has 316 valence electrons. The zero-order valence-electron chi connectivity index (χ0n) is 35.1. The summed E-state index contributed by atoms with van der Waals surface area (Å²) in [5, 5.41) is 35.5. The number of anilines is 1. The van der Waals surface area contributed by atoms with E-state index in [1.807, 2.05) is 12.1 Å². The van der Waals surface area contributed by atoms with Crippen LogP contribution in [0, 0.1) is 0 Å². The average Bonchev–Trinajstić information content (AvgIpc) is 3.53. The zero-order chi connectivity index (χ0) is 42.6. The molecule has 2 heterocycles. The molecule has 2 aliphatic heterocycles. The quantitative estimate of drug-likeness (QED) is 0.0514. The predicted molar refractivity (Wildman–Crippen MR) is 225 cm³/mol. The normalized spacial score (nSPS) is 18.0. The fraction of sp³-hybridized carbons (Fsp3) is 0.556. The van der Waals surface area contributed by atoms with E-state index in [-0.39, 0.29) is 35.6 Å². The number of fused-ring (bicyclic) bond motifs is 2. The van der Waals surface area contributed by atoms with Gasteiger partial charge in [0.15, 0.2) is 5.71 Å². The molecule has 0 saturated carbocycles. The van der Waals surface area contributed by atoms with Gasteiger partial charge >= 0.3 is 23.9 Å².